The van der Waals surface area contributed by atoms with Gasteiger partial charge < -0.3 is 9.29 Å². The number of benzene rings is 2. The number of halogens is 9. The first-order chi connectivity index (χ1) is 15.4. The van der Waals surface area contributed by atoms with Crippen LogP contribution in [0.4, 0.5) is 39.5 Å². The molecular formula is C19H17F9O4S2. The number of ether oxygens (including phenoxy) is 1. The number of hydrogen-bond donors (Lipinski definition) is 0. The lowest BCUT2D eigenvalue weighted by atomic mass is 10.1. The maximum atomic E-state index is 12.2. The third-order valence-electron chi connectivity index (χ3n) is 4.90. The van der Waals surface area contributed by atoms with Gasteiger partial charge in [-0.15, -0.1) is 0 Å². The largest absolute Gasteiger partial charge is 0.743 e. The molecule has 0 aromatic heterocycles. The normalized spacial score (nSPS) is 20.2. The summed E-state index contributed by atoms with van der Waals surface area (Å²) in [5, 5.41) is -4.33. The highest BCUT2D eigenvalue weighted by Crippen LogP contribution is 2.54. The Bertz CT molecular complexity index is 1100. The summed E-state index contributed by atoms with van der Waals surface area (Å²) in [6.45, 7) is 0. The van der Waals surface area contributed by atoms with Crippen molar-refractivity contribution in [3.8, 4) is 0 Å². The lowest BCUT2D eigenvalue weighted by molar-refractivity contribution is -0.382. The smallest absolute Gasteiger partial charge is 0.460 e. The first-order valence-electron chi connectivity index (χ1n) is 9.22. The van der Waals surface area contributed by atoms with E-state index in [-0.39, 0.29) is 0 Å². The van der Waals surface area contributed by atoms with Gasteiger partial charge in [0.1, 0.15) is 17.6 Å². The second-order valence-electron chi connectivity index (χ2n) is 7.10. The fraction of sp³-hybridized carbons (Fsp3) is 0.474. The summed E-state index contributed by atoms with van der Waals surface area (Å²) >= 11 is 0. The molecule has 1 saturated heterocycles. The molecular weight excluding hydrogens is 527 g/mol. The minimum absolute atomic E-state index is 0.380. The van der Waals surface area contributed by atoms with E-state index in [0.717, 1.165) is 0 Å². The third kappa shape index (κ3) is 5.26. The zero-order valence-corrected chi connectivity index (χ0v) is 18.7. The van der Waals surface area contributed by atoms with Crippen LogP contribution in [0.2, 0.25) is 0 Å². The molecule has 2 atom stereocenters. The molecule has 0 aliphatic carbocycles. The van der Waals surface area contributed by atoms with Gasteiger partial charge in [-0.05, 0) is 17.5 Å². The minimum atomic E-state index is -7.43. The molecule has 0 N–H and O–H groups in total. The van der Waals surface area contributed by atoms with E-state index in [0.29, 0.717) is 17.0 Å². The monoisotopic (exact) mass is 544 g/mol. The second-order valence-corrected chi connectivity index (χ2v) is 10.7. The molecule has 4 nitrogen and oxygen atoms in total. The van der Waals surface area contributed by atoms with E-state index < -0.39 is 33.4 Å². The molecule has 192 valence electrons. The Labute approximate surface area is 191 Å². The van der Waals surface area contributed by atoms with Gasteiger partial charge in [0.2, 0.25) is 0 Å². The molecule has 1 aliphatic rings. The zero-order chi connectivity index (χ0) is 26.2. The maximum Gasteiger partial charge on any atom is 0.460 e. The SMILES string of the molecule is COC1CC[S+](c2cccc3ccccc23)C1.O=S(=O)([O-])C(F)(F)C(F)(F)C(F)(F)C(F)(F)F. The van der Waals surface area contributed by atoms with Crippen LogP contribution >= 0.6 is 0 Å². The van der Waals surface area contributed by atoms with E-state index in [1.54, 1.807) is 0 Å². The Kier molecular flexibility index (Phi) is 8.17. The van der Waals surface area contributed by atoms with Gasteiger partial charge in [0.15, 0.2) is 15.0 Å². The second kappa shape index (κ2) is 9.74. The molecule has 0 spiro atoms. The van der Waals surface area contributed by atoms with Gasteiger partial charge in [0.05, 0.1) is 0 Å². The average molecular weight is 544 g/mol. The van der Waals surface area contributed by atoms with Crippen molar-refractivity contribution >= 4 is 31.8 Å². The van der Waals surface area contributed by atoms with Crippen LogP contribution in [0.1, 0.15) is 6.42 Å². The molecule has 0 bridgehead atoms. The lowest BCUT2D eigenvalue weighted by Gasteiger charge is -2.34. The summed E-state index contributed by atoms with van der Waals surface area (Å²) in [7, 11) is -5.20. The zero-order valence-electron chi connectivity index (χ0n) is 17.1. The van der Waals surface area contributed by atoms with Crippen molar-refractivity contribution in [2.75, 3.05) is 18.6 Å². The summed E-state index contributed by atoms with van der Waals surface area (Å²) in [5.41, 5.74) is 0. The fourth-order valence-corrected chi connectivity index (χ4v) is 6.09. The Morgan fingerprint density at radius 3 is 1.97 bits per heavy atom. The van der Waals surface area contributed by atoms with Crippen LogP contribution < -0.4 is 0 Å². The van der Waals surface area contributed by atoms with Gasteiger partial charge in [-0.25, -0.2) is 8.42 Å². The summed E-state index contributed by atoms with van der Waals surface area (Å²) in [6, 6.07) is 15.4. The van der Waals surface area contributed by atoms with Crippen LogP contribution in [0.3, 0.4) is 0 Å². The van der Waals surface area contributed by atoms with Crippen LogP contribution in [0.5, 0.6) is 0 Å². The summed E-state index contributed by atoms with van der Waals surface area (Å²) < 4.78 is 141. The van der Waals surface area contributed by atoms with E-state index in [2.05, 4.69) is 42.5 Å². The molecule has 15 heteroatoms. The molecule has 0 saturated carbocycles. The van der Waals surface area contributed by atoms with Crippen molar-refractivity contribution in [1.82, 2.24) is 0 Å². The first kappa shape index (κ1) is 28.5. The van der Waals surface area contributed by atoms with Gasteiger partial charge in [-0.3, -0.25) is 0 Å². The Morgan fingerprint density at radius 2 is 1.47 bits per heavy atom. The maximum absolute atomic E-state index is 12.2. The summed E-state index contributed by atoms with van der Waals surface area (Å²) in [5.74, 6) is -12.3. The van der Waals surface area contributed by atoms with Crippen molar-refractivity contribution in [2.45, 2.75) is 40.7 Å². The minimum Gasteiger partial charge on any atom is -0.743 e. The van der Waals surface area contributed by atoms with Crippen molar-refractivity contribution in [2.24, 2.45) is 0 Å². The van der Waals surface area contributed by atoms with E-state index >= 15 is 0 Å². The van der Waals surface area contributed by atoms with Gasteiger partial charge >= 0.3 is 23.3 Å². The van der Waals surface area contributed by atoms with Crippen LogP contribution in [-0.2, 0) is 25.7 Å². The number of alkyl halides is 9. The molecule has 34 heavy (non-hydrogen) atoms. The van der Waals surface area contributed by atoms with Crippen molar-refractivity contribution in [1.29, 1.82) is 0 Å². The van der Waals surface area contributed by atoms with Crippen molar-refractivity contribution < 1.29 is 57.2 Å². The molecule has 3 rings (SSSR count). The van der Waals surface area contributed by atoms with E-state index in [1.807, 2.05) is 7.11 Å². The van der Waals surface area contributed by atoms with Crippen LogP contribution in [0, 0.1) is 0 Å². The van der Waals surface area contributed by atoms with Crippen LogP contribution in [-0.4, -0.2) is 61.0 Å². The quantitative estimate of drug-likeness (QED) is 0.295. The number of fused-ring (bicyclic) bond motifs is 1. The number of methoxy groups -OCH3 is 1. The average Bonchev–Trinajstić information content (AvgIpc) is 3.21. The van der Waals surface area contributed by atoms with Gasteiger partial charge in [0.25, 0.3) is 0 Å². The van der Waals surface area contributed by atoms with Crippen molar-refractivity contribution in [3.05, 3.63) is 42.5 Å². The number of hydrogen-bond acceptors (Lipinski definition) is 4. The predicted molar refractivity (Wildman–Crippen MR) is 105 cm³/mol. The molecule has 1 heterocycles. The van der Waals surface area contributed by atoms with Gasteiger partial charge in [-0.1, -0.05) is 30.3 Å². The van der Waals surface area contributed by atoms with Gasteiger partial charge in [-0.2, -0.15) is 39.5 Å². The van der Waals surface area contributed by atoms with Crippen molar-refractivity contribution in [3.63, 3.8) is 0 Å². The topological polar surface area (TPSA) is 66.4 Å². The highest BCUT2D eigenvalue weighted by atomic mass is 32.2. The van der Waals surface area contributed by atoms with Crippen LogP contribution in [0.25, 0.3) is 10.8 Å². The first-order valence-corrected chi connectivity index (χ1v) is 12.2. The molecule has 1 fully saturated rings. The van der Waals surface area contributed by atoms with E-state index in [4.69, 9.17) is 4.74 Å². The fourth-order valence-electron chi connectivity index (χ4n) is 3.02. The molecule has 1 aliphatic heterocycles. The van der Waals surface area contributed by atoms with E-state index in [1.165, 1.54) is 33.6 Å². The summed E-state index contributed by atoms with van der Waals surface area (Å²) in [6.07, 6.45) is -5.48. The third-order valence-corrected chi connectivity index (χ3v) is 8.26. The lowest BCUT2D eigenvalue weighted by Crippen LogP contribution is -2.63. The molecule has 2 aromatic rings. The highest BCUT2D eigenvalue weighted by molar-refractivity contribution is 7.97. The molecule has 2 aromatic carbocycles. The standard InChI is InChI=1S/C15H17OS.C4HF9O3S/c1-16-13-9-10-17(11-13)15-8-4-6-12-5-2-3-7-14(12)15;5-1(6,3(9,10)11)2(7,8)4(12,13)17(14,15)16/h2-8,13H,9-11H2,1H3;(H,14,15,16)/q+1;/p-1. The van der Waals surface area contributed by atoms with Gasteiger partial charge in [0, 0.05) is 29.8 Å². The number of rotatable bonds is 5. The Balaban J connectivity index is 0.000000240. The Hall–Kier alpha value is -1.71. The molecule has 0 radical (unpaired) electrons. The Morgan fingerprint density at radius 1 is 0.912 bits per heavy atom. The van der Waals surface area contributed by atoms with Crippen LogP contribution in [0.15, 0.2) is 47.4 Å². The van der Waals surface area contributed by atoms with E-state index in [9.17, 15) is 52.5 Å². The summed E-state index contributed by atoms with van der Waals surface area (Å²) in [4.78, 5) is 1.53. The molecule has 0 amide bonds. The molecule has 2 unspecified atom stereocenters. The predicted octanol–water partition coefficient (Wildman–Crippen LogP) is 5.19. The highest BCUT2D eigenvalue weighted by Gasteiger charge is 2.83.